The zero-order valence-corrected chi connectivity index (χ0v) is 13.2. The van der Waals surface area contributed by atoms with Crippen molar-refractivity contribution in [1.82, 2.24) is 9.78 Å². The molecule has 24 heavy (non-hydrogen) atoms. The van der Waals surface area contributed by atoms with E-state index in [1.54, 1.807) is 16.8 Å². The molecule has 0 spiro atoms. The normalized spacial score (nSPS) is 17.1. The monoisotopic (exact) mass is 337 g/mol. The average molecular weight is 337 g/mol. The second kappa shape index (κ2) is 6.10. The Bertz CT molecular complexity index is 826. The number of carbonyl (C=O) groups is 1. The van der Waals surface area contributed by atoms with Crippen molar-refractivity contribution in [2.24, 2.45) is 0 Å². The number of ether oxygens (including phenoxy) is 1. The van der Waals surface area contributed by atoms with Gasteiger partial charge in [-0.15, -0.1) is 0 Å². The van der Waals surface area contributed by atoms with Crippen LogP contribution in [0, 0.1) is 0 Å². The van der Waals surface area contributed by atoms with Gasteiger partial charge in [-0.3, -0.25) is 19.4 Å². The number of amides is 1. The van der Waals surface area contributed by atoms with E-state index in [2.05, 4.69) is 15.2 Å². The smallest absolute Gasteiger partial charge is 0.387 e. The molecule has 0 radical (unpaired) electrons. The van der Waals surface area contributed by atoms with Gasteiger partial charge in [0, 0.05) is 18.4 Å². The summed E-state index contributed by atoms with van der Waals surface area (Å²) in [5, 5.41) is 5.44. The minimum absolute atomic E-state index is 0.00486. The quantitative estimate of drug-likeness (QED) is 0.901. The zero-order chi connectivity index (χ0) is 17.4. The number of rotatable bonds is 4. The number of alkyl halides is 2. The van der Waals surface area contributed by atoms with E-state index in [-0.39, 0.29) is 29.7 Å². The van der Waals surface area contributed by atoms with Gasteiger partial charge in [-0.05, 0) is 31.5 Å². The van der Waals surface area contributed by atoms with Crippen molar-refractivity contribution < 1.29 is 18.3 Å². The fourth-order valence-corrected chi connectivity index (χ4v) is 2.96. The molecule has 6 nitrogen and oxygen atoms in total. The summed E-state index contributed by atoms with van der Waals surface area (Å²) in [6, 6.07) is 6.05. The second-order valence-corrected chi connectivity index (χ2v) is 5.92. The summed E-state index contributed by atoms with van der Waals surface area (Å²) in [5.74, 6) is -0.328. The summed E-state index contributed by atoms with van der Waals surface area (Å²) in [7, 11) is 0. The molecule has 128 valence electrons. The van der Waals surface area contributed by atoms with E-state index in [4.69, 9.17) is 0 Å². The first-order valence-electron chi connectivity index (χ1n) is 7.56. The van der Waals surface area contributed by atoms with Crippen LogP contribution in [0.3, 0.4) is 0 Å². The van der Waals surface area contributed by atoms with Crippen molar-refractivity contribution in [3.63, 3.8) is 0 Å². The van der Waals surface area contributed by atoms with E-state index in [0.717, 1.165) is 0 Å². The van der Waals surface area contributed by atoms with E-state index in [9.17, 15) is 18.4 Å². The van der Waals surface area contributed by atoms with Crippen molar-refractivity contribution in [2.45, 2.75) is 38.8 Å². The molecule has 1 amide bonds. The predicted octanol–water partition coefficient (Wildman–Crippen LogP) is 2.83. The van der Waals surface area contributed by atoms with Gasteiger partial charge in [0.15, 0.2) is 0 Å². The van der Waals surface area contributed by atoms with Crippen LogP contribution in [-0.2, 0) is 4.79 Å². The zero-order valence-electron chi connectivity index (χ0n) is 13.2. The molecule has 8 heteroatoms. The molecular formula is C16H17F2N3O3. The summed E-state index contributed by atoms with van der Waals surface area (Å²) in [6.45, 7) is 0.822. The standard InChI is InChI=1S/C16H17F2N3O3/c1-8(2)21-14-13(15(23)20-21)11(7-12(22)19-14)9-4-3-5-10(6-9)24-16(17)18/h3-6,8,11,16H,7H2,1-2H3,(H,19,22)(H,20,23)/t11-/m1/s1. The molecule has 2 heterocycles. The van der Waals surface area contributed by atoms with Gasteiger partial charge in [0.1, 0.15) is 11.6 Å². The van der Waals surface area contributed by atoms with Gasteiger partial charge in [0.05, 0.1) is 5.56 Å². The first kappa shape index (κ1) is 16.2. The number of nitrogens with zero attached hydrogens (tertiary/aromatic N) is 1. The van der Waals surface area contributed by atoms with Gasteiger partial charge >= 0.3 is 6.61 Å². The Morgan fingerprint density at radius 2 is 2.04 bits per heavy atom. The van der Waals surface area contributed by atoms with E-state index in [1.807, 2.05) is 13.8 Å². The lowest BCUT2D eigenvalue weighted by Crippen LogP contribution is -2.27. The van der Waals surface area contributed by atoms with Crippen molar-refractivity contribution in [2.75, 3.05) is 5.32 Å². The Morgan fingerprint density at radius 1 is 1.29 bits per heavy atom. The number of carbonyl (C=O) groups excluding carboxylic acids is 1. The molecule has 1 atom stereocenters. The lowest BCUT2D eigenvalue weighted by Gasteiger charge is -2.24. The third kappa shape index (κ3) is 2.91. The molecule has 0 saturated heterocycles. The maximum absolute atomic E-state index is 12.4. The Balaban J connectivity index is 2.08. The second-order valence-electron chi connectivity index (χ2n) is 5.92. The molecule has 1 aromatic carbocycles. The molecule has 0 bridgehead atoms. The van der Waals surface area contributed by atoms with Crippen LogP contribution in [0.1, 0.15) is 43.4 Å². The molecule has 0 fully saturated rings. The van der Waals surface area contributed by atoms with Crippen molar-refractivity contribution in [3.05, 3.63) is 45.7 Å². The fraction of sp³-hybridized carbons (Fsp3) is 0.375. The number of anilines is 1. The molecule has 0 aliphatic carbocycles. The molecule has 0 unspecified atom stereocenters. The highest BCUT2D eigenvalue weighted by atomic mass is 19.3. The van der Waals surface area contributed by atoms with Crippen LogP contribution in [0.2, 0.25) is 0 Å². The van der Waals surface area contributed by atoms with Gasteiger partial charge in [-0.1, -0.05) is 12.1 Å². The number of aromatic nitrogens is 2. The van der Waals surface area contributed by atoms with Gasteiger partial charge in [-0.25, -0.2) is 0 Å². The van der Waals surface area contributed by atoms with Crippen LogP contribution in [0.15, 0.2) is 29.1 Å². The van der Waals surface area contributed by atoms with Gasteiger partial charge in [-0.2, -0.15) is 8.78 Å². The fourth-order valence-electron chi connectivity index (χ4n) is 2.96. The number of hydrogen-bond acceptors (Lipinski definition) is 3. The summed E-state index contributed by atoms with van der Waals surface area (Å²) < 4.78 is 30.8. The topological polar surface area (TPSA) is 76.1 Å². The maximum atomic E-state index is 12.4. The number of H-pyrrole nitrogens is 1. The molecule has 1 aliphatic rings. The maximum Gasteiger partial charge on any atom is 0.387 e. The summed E-state index contributed by atoms with van der Waals surface area (Å²) in [5.41, 5.74) is 0.706. The number of hydrogen-bond donors (Lipinski definition) is 2. The first-order valence-corrected chi connectivity index (χ1v) is 7.56. The first-order chi connectivity index (χ1) is 11.4. The molecule has 1 aromatic heterocycles. The number of fused-ring (bicyclic) bond motifs is 1. The molecule has 2 N–H and O–H groups in total. The lowest BCUT2D eigenvalue weighted by atomic mass is 9.87. The van der Waals surface area contributed by atoms with Gasteiger partial charge < -0.3 is 10.1 Å². The number of halogens is 2. The molecule has 0 saturated carbocycles. The summed E-state index contributed by atoms with van der Waals surface area (Å²) in [6.07, 6.45) is 0.0658. The Morgan fingerprint density at radius 3 is 2.71 bits per heavy atom. The highest BCUT2D eigenvalue weighted by Crippen LogP contribution is 2.36. The summed E-state index contributed by atoms with van der Waals surface area (Å²) >= 11 is 0. The van der Waals surface area contributed by atoms with Crippen LogP contribution in [-0.4, -0.2) is 22.3 Å². The Hall–Kier alpha value is -2.64. The van der Waals surface area contributed by atoms with Crippen LogP contribution in [0.25, 0.3) is 0 Å². The molecule has 3 rings (SSSR count). The highest BCUT2D eigenvalue weighted by molar-refractivity contribution is 5.94. The highest BCUT2D eigenvalue weighted by Gasteiger charge is 2.33. The lowest BCUT2D eigenvalue weighted by molar-refractivity contribution is -0.116. The Labute approximate surface area is 136 Å². The minimum Gasteiger partial charge on any atom is -0.435 e. The molecule has 1 aliphatic heterocycles. The predicted molar refractivity (Wildman–Crippen MR) is 83.6 cm³/mol. The van der Waals surface area contributed by atoms with E-state index in [0.29, 0.717) is 16.9 Å². The number of aromatic amines is 1. The SMILES string of the molecule is CC(C)n1[nH]c(=O)c2c1NC(=O)C[C@@H]2c1cccc(OC(F)F)c1. The van der Waals surface area contributed by atoms with Crippen LogP contribution in [0.4, 0.5) is 14.6 Å². The minimum atomic E-state index is -2.93. The van der Waals surface area contributed by atoms with Gasteiger partial charge in [0.2, 0.25) is 5.91 Å². The number of nitrogens with one attached hydrogen (secondary N) is 2. The van der Waals surface area contributed by atoms with Crippen LogP contribution < -0.4 is 15.6 Å². The number of benzene rings is 1. The van der Waals surface area contributed by atoms with Crippen molar-refractivity contribution in [3.8, 4) is 5.75 Å². The van der Waals surface area contributed by atoms with Crippen molar-refractivity contribution in [1.29, 1.82) is 0 Å². The van der Waals surface area contributed by atoms with Crippen molar-refractivity contribution >= 4 is 11.7 Å². The molecule has 2 aromatic rings. The largest absolute Gasteiger partial charge is 0.435 e. The van der Waals surface area contributed by atoms with E-state index >= 15 is 0 Å². The van der Waals surface area contributed by atoms with Gasteiger partial charge in [0.25, 0.3) is 5.56 Å². The summed E-state index contributed by atoms with van der Waals surface area (Å²) in [4.78, 5) is 24.4. The van der Waals surface area contributed by atoms with E-state index < -0.39 is 12.5 Å². The Kier molecular flexibility index (Phi) is 4.13. The average Bonchev–Trinajstić information content (AvgIpc) is 2.83. The van der Waals surface area contributed by atoms with E-state index in [1.165, 1.54) is 12.1 Å². The third-order valence-electron chi connectivity index (χ3n) is 3.96. The third-order valence-corrected chi connectivity index (χ3v) is 3.96. The van der Waals surface area contributed by atoms with Crippen LogP contribution >= 0.6 is 0 Å². The van der Waals surface area contributed by atoms with Crippen LogP contribution in [0.5, 0.6) is 5.75 Å². The molecular weight excluding hydrogens is 320 g/mol.